The van der Waals surface area contributed by atoms with Gasteiger partial charge in [-0.05, 0) is 18.9 Å². The molecule has 0 saturated heterocycles. The molecule has 0 radical (unpaired) electrons. The summed E-state index contributed by atoms with van der Waals surface area (Å²) in [5, 5.41) is 7.09. The topological polar surface area (TPSA) is 54.5 Å². The van der Waals surface area contributed by atoms with Gasteiger partial charge >= 0.3 is 0 Å². The Morgan fingerprint density at radius 3 is 2.71 bits per heavy atom. The molecule has 0 bridgehead atoms. The van der Waals surface area contributed by atoms with Crippen LogP contribution in [0.2, 0.25) is 0 Å². The Bertz CT molecular complexity index is 430. The Balaban J connectivity index is 2.07. The molecule has 2 aromatic rings. The summed E-state index contributed by atoms with van der Waals surface area (Å²) in [6.45, 7) is 0. The van der Waals surface area contributed by atoms with Crippen molar-refractivity contribution >= 4 is 0 Å². The summed E-state index contributed by atoms with van der Waals surface area (Å²) in [5.74, 6) is 1.42. The van der Waals surface area contributed by atoms with Crippen molar-refractivity contribution in [1.29, 1.82) is 0 Å². The number of hydrogen-bond donors (Lipinski definition) is 1. The quantitative estimate of drug-likeness (QED) is 0.777. The zero-order valence-corrected chi connectivity index (χ0v) is 7.64. The van der Waals surface area contributed by atoms with Gasteiger partial charge in [0.25, 0.3) is 0 Å². The summed E-state index contributed by atoms with van der Waals surface area (Å²) >= 11 is 0. The van der Waals surface area contributed by atoms with Crippen molar-refractivity contribution in [3.8, 4) is 11.4 Å². The van der Waals surface area contributed by atoms with Gasteiger partial charge in [0.05, 0.1) is 11.8 Å². The molecule has 2 aromatic heterocycles. The molecular formula is C10H10N4. The van der Waals surface area contributed by atoms with E-state index in [1.807, 2.05) is 12.3 Å². The maximum absolute atomic E-state index is 4.22. The molecule has 0 spiro atoms. The highest BCUT2D eigenvalue weighted by atomic mass is 15.1. The lowest BCUT2D eigenvalue weighted by atomic mass is 10.2. The van der Waals surface area contributed by atoms with Crippen LogP contribution in [0.15, 0.2) is 24.7 Å². The molecule has 2 heterocycles. The zero-order chi connectivity index (χ0) is 9.38. The van der Waals surface area contributed by atoms with Crippen LogP contribution in [0.25, 0.3) is 11.4 Å². The minimum Gasteiger partial charge on any atom is -0.282 e. The van der Waals surface area contributed by atoms with Gasteiger partial charge in [0, 0.05) is 24.0 Å². The lowest BCUT2D eigenvalue weighted by molar-refractivity contribution is 0.964. The third kappa shape index (κ3) is 1.19. The standard InChI is InChI=1S/C10H10N4/c1-4-11-10(12-5-1)8-6-13-14-9(8)7-2-3-7/h1,4-7H,2-3H2,(H,13,14). The lowest BCUT2D eigenvalue weighted by Gasteiger charge is -1.98. The van der Waals surface area contributed by atoms with Crippen molar-refractivity contribution in [2.75, 3.05) is 0 Å². The first kappa shape index (κ1) is 7.67. The first-order valence-electron chi connectivity index (χ1n) is 4.76. The van der Waals surface area contributed by atoms with Gasteiger partial charge in [-0.25, -0.2) is 9.97 Å². The highest BCUT2D eigenvalue weighted by Crippen LogP contribution is 2.42. The van der Waals surface area contributed by atoms with E-state index in [1.165, 1.54) is 18.5 Å². The average molecular weight is 186 g/mol. The smallest absolute Gasteiger partial charge is 0.162 e. The molecule has 0 amide bonds. The van der Waals surface area contributed by atoms with Crippen LogP contribution < -0.4 is 0 Å². The van der Waals surface area contributed by atoms with E-state index < -0.39 is 0 Å². The average Bonchev–Trinajstić information content (AvgIpc) is 2.98. The Kier molecular flexibility index (Phi) is 1.59. The van der Waals surface area contributed by atoms with Gasteiger partial charge in [-0.3, -0.25) is 5.10 Å². The van der Waals surface area contributed by atoms with Gasteiger partial charge in [0.1, 0.15) is 0 Å². The predicted octanol–water partition coefficient (Wildman–Crippen LogP) is 1.74. The number of aromatic amines is 1. The summed E-state index contributed by atoms with van der Waals surface area (Å²) in [6, 6.07) is 1.82. The Hall–Kier alpha value is -1.71. The molecule has 70 valence electrons. The fourth-order valence-corrected chi connectivity index (χ4v) is 1.60. The van der Waals surface area contributed by atoms with Gasteiger partial charge in [-0.15, -0.1) is 0 Å². The minimum atomic E-state index is 0.649. The van der Waals surface area contributed by atoms with Crippen LogP contribution in [-0.4, -0.2) is 20.2 Å². The van der Waals surface area contributed by atoms with Crippen LogP contribution in [-0.2, 0) is 0 Å². The van der Waals surface area contributed by atoms with Crippen LogP contribution in [0, 0.1) is 0 Å². The highest BCUT2D eigenvalue weighted by molar-refractivity contribution is 5.58. The number of rotatable bonds is 2. The van der Waals surface area contributed by atoms with Crippen molar-refractivity contribution in [3.05, 3.63) is 30.4 Å². The minimum absolute atomic E-state index is 0.649. The number of H-pyrrole nitrogens is 1. The monoisotopic (exact) mass is 186 g/mol. The van der Waals surface area contributed by atoms with E-state index in [0.29, 0.717) is 5.92 Å². The second-order valence-corrected chi connectivity index (χ2v) is 3.54. The molecule has 1 aliphatic carbocycles. The van der Waals surface area contributed by atoms with Crippen molar-refractivity contribution in [2.24, 2.45) is 0 Å². The van der Waals surface area contributed by atoms with E-state index in [-0.39, 0.29) is 0 Å². The molecule has 3 rings (SSSR count). The Morgan fingerprint density at radius 1 is 1.21 bits per heavy atom. The molecule has 4 nitrogen and oxygen atoms in total. The van der Waals surface area contributed by atoms with Crippen molar-refractivity contribution in [1.82, 2.24) is 20.2 Å². The highest BCUT2D eigenvalue weighted by Gasteiger charge is 2.28. The fourth-order valence-electron chi connectivity index (χ4n) is 1.60. The third-order valence-electron chi connectivity index (χ3n) is 2.46. The molecule has 1 saturated carbocycles. The normalized spacial score (nSPS) is 15.7. The van der Waals surface area contributed by atoms with Crippen molar-refractivity contribution in [2.45, 2.75) is 18.8 Å². The predicted molar refractivity (Wildman–Crippen MR) is 51.6 cm³/mol. The molecule has 4 heteroatoms. The summed E-state index contributed by atoms with van der Waals surface area (Å²) in [5.41, 5.74) is 2.24. The van der Waals surface area contributed by atoms with Crippen LogP contribution in [0.5, 0.6) is 0 Å². The van der Waals surface area contributed by atoms with Crippen molar-refractivity contribution < 1.29 is 0 Å². The van der Waals surface area contributed by atoms with E-state index in [2.05, 4.69) is 20.2 Å². The Morgan fingerprint density at radius 2 is 2.00 bits per heavy atom. The maximum atomic E-state index is 4.22. The van der Waals surface area contributed by atoms with Crippen LogP contribution in [0.3, 0.4) is 0 Å². The first-order chi connectivity index (χ1) is 6.95. The van der Waals surface area contributed by atoms with Gasteiger partial charge in [-0.1, -0.05) is 0 Å². The molecular weight excluding hydrogens is 176 g/mol. The molecule has 0 aromatic carbocycles. The SMILES string of the molecule is c1cnc(-c2cn[nH]c2C2CC2)nc1. The number of nitrogens with zero attached hydrogens (tertiary/aromatic N) is 3. The fraction of sp³-hybridized carbons (Fsp3) is 0.300. The van der Waals surface area contributed by atoms with E-state index in [1.54, 1.807) is 12.4 Å². The lowest BCUT2D eigenvalue weighted by Crippen LogP contribution is -1.89. The van der Waals surface area contributed by atoms with Gasteiger partial charge in [0.15, 0.2) is 5.82 Å². The second-order valence-electron chi connectivity index (χ2n) is 3.54. The van der Waals surface area contributed by atoms with E-state index in [4.69, 9.17) is 0 Å². The van der Waals surface area contributed by atoms with Gasteiger partial charge in [0.2, 0.25) is 0 Å². The molecule has 1 N–H and O–H groups in total. The summed E-state index contributed by atoms with van der Waals surface area (Å²) in [4.78, 5) is 8.44. The first-order valence-corrected chi connectivity index (χ1v) is 4.76. The number of nitrogens with one attached hydrogen (secondary N) is 1. The third-order valence-corrected chi connectivity index (χ3v) is 2.46. The maximum Gasteiger partial charge on any atom is 0.162 e. The number of aromatic nitrogens is 4. The molecule has 1 fully saturated rings. The van der Waals surface area contributed by atoms with Gasteiger partial charge in [-0.2, -0.15) is 5.10 Å². The van der Waals surface area contributed by atoms with Crippen LogP contribution in [0.4, 0.5) is 0 Å². The van der Waals surface area contributed by atoms with E-state index in [0.717, 1.165) is 11.4 Å². The summed E-state index contributed by atoms with van der Waals surface area (Å²) in [7, 11) is 0. The second kappa shape index (κ2) is 2.90. The molecule has 14 heavy (non-hydrogen) atoms. The summed E-state index contributed by atoms with van der Waals surface area (Å²) < 4.78 is 0. The Labute approximate surface area is 81.4 Å². The van der Waals surface area contributed by atoms with E-state index in [9.17, 15) is 0 Å². The largest absolute Gasteiger partial charge is 0.282 e. The molecule has 1 aliphatic rings. The zero-order valence-electron chi connectivity index (χ0n) is 7.64. The van der Waals surface area contributed by atoms with Gasteiger partial charge < -0.3 is 0 Å². The molecule has 0 aliphatic heterocycles. The summed E-state index contributed by atoms with van der Waals surface area (Å²) in [6.07, 6.45) is 7.82. The molecule has 0 atom stereocenters. The number of hydrogen-bond acceptors (Lipinski definition) is 3. The van der Waals surface area contributed by atoms with Crippen LogP contribution in [0.1, 0.15) is 24.5 Å². The molecule has 0 unspecified atom stereocenters. The van der Waals surface area contributed by atoms with Crippen molar-refractivity contribution in [3.63, 3.8) is 0 Å². The van der Waals surface area contributed by atoms with E-state index >= 15 is 0 Å². The van der Waals surface area contributed by atoms with Crippen LogP contribution >= 0.6 is 0 Å².